The molecule has 0 aromatic carbocycles. The highest BCUT2D eigenvalue weighted by molar-refractivity contribution is 9.09. The molecule has 0 aromatic rings. The molecule has 8 atom stereocenters. The normalized spacial score (nSPS) is 48.7. The zero-order valence-corrected chi connectivity index (χ0v) is 18.7. The lowest BCUT2D eigenvalue weighted by Gasteiger charge is -2.58. The zero-order chi connectivity index (χ0) is 19.6. The number of carbonyl (C=O) groups is 2. The van der Waals surface area contributed by atoms with E-state index in [1.165, 1.54) is 25.3 Å². The predicted molar refractivity (Wildman–Crippen MR) is 110 cm³/mol. The molecule has 0 spiro atoms. The molecule has 0 heterocycles. The fourth-order valence-corrected chi connectivity index (χ4v) is 9.03. The molecule has 0 amide bonds. The molecule has 0 aliphatic heterocycles. The third-order valence-electron chi connectivity index (χ3n) is 8.82. The Kier molecular flexibility index (Phi) is 4.89. The Hall–Kier alpha value is -0.640. The van der Waals surface area contributed by atoms with Crippen molar-refractivity contribution in [1.82, 2.24) is 0 Å². The van der Waals surface area contributed by atoms with Crippen molar-refractivity contribution in [2.24, 2.45) is 34.5 Å². The van der Waals surface area contributed by atoms with Gasteiger partial charge in [0.05, 0.1) is 0 Å². The second kappa shape index (κ2) is 6.71. The van der Waals surface area contributed by atoms with Gasteiger partial charge in [-0.3, -0.25) is 9.59 Å². The molecule has 2 unspecified atom stereocenters. The van der Waals surface area contributed by atoms with Crippen LogP contribution in [-0.2, 0) is 14.3 Å². The molecule has 4 rings (SSSR count). The third-order valence-corrected chi connectivity index (χ3v) is 9.72. The summed E-state index contributed by atoms with van der Waals surface area (Å²) in [4.78, 5) is 24.1. The van der Waals surface area contributed by atoms with Gasteiger partial charge in [0.2, 0.25) is 0 Å². The van der Waals surface area contributed by atoms with Crippen molar-refractivity contribution in [2.45, 2.75) is 83.6 Å². The number of hydrogen-bond acceptors (Lipinski definition) is 3. The highest BCUT2D eigenvalue weighted by atomic mass is 79.9. The summed E-state index contributed by atoms with van der Waals surface area (Å²) >= 11 is 3.88. The standard InChI is InChI=1S/C23H33BrO3/c1-13(25)21-20(24)12-19-17-6-5-15-11-16(27-14(2)26)7-9-22(15,3)18(17)8-10-23(19,21)4/h5,16-21H,6-12H2,1-4H3/t16?,17-,18+,19+,20?,21+,22+,23+/m1/s1. The van der Waals surface area contributed by atoms with E-state index in [0.29, 0.717) is 28.4 Å². The lowest BCUT2D eigenvalue weighted by molar-refractivity contribution is -0.149. The summed E-state index contributed by atoms with van der Waals surface area (Å²) < 4.78 is 5.54. The number of ketones is 1. The van der Waals surface area contributed by atoms with Crippen molar-refractivity contribution in [3.05, 3.63) is 11.6 Å². The van der Waals surface area contributed by atoms with Crippen LogP contribution in [0.25, 0.3) is 0 Å². The minimum atomic E-state index is -0.157. The topological polar surface area (TPSA) is 43.4 Å². The van der Waals surface area contributed by atoms with Gasteiger partial charge in [0.1, 0.15) is 11.9 Å². The summed E-state index contributed by atoms with van der Waals surface area (Å²) in [6.45, 7) is 8.16. The second-order valence-corrected chi connectivity index (χ2v) is 11.3. The van der Waals surface area contributed by atoms with E-state index in [0.717, 1.165) is 32.1 Å². The van der Waals surface area contributed by atoms with Gasteiger partial charge in [-0.2, -0.15) is 0 Å². The van der Waals surface area contributed by atoms with Crippen molar-refractivity contribution >= 4 is 27.7 Å². The van der Waals surface area contributed by atoms with Crippen molar-refractivity contribution in [1.29, 1.82) is 0 Å². The first-order valence-electron chi connectivity index (χ1n) is 10.7. The number of Topliss-reactive ketones (excluding diaryl/α,β-unsaturated/α-hetero) is 1. The van der Waals surface area contributed by atoms with Crippen LogP contribution in [0.2, 0.25) is 0 Å². The molecule has 0 aromatic heterocycles. The quantitative estimate of drug-likeness (QED) is 0.327. The maximum Gasteiger partial charge on any atom is 0.302 e. The minimum Gasteiger partial charge on any atom is -0.462 e. The summed E-state index contributed by atoms with van der Waals surface area (Å²) in [6.07, 6.45) is 10.2. The maximum absolute atomic E-state index is 12.4. The van der Waals surface area contributed by atoms with Crippen LogP contribution in [-0.4, -0.2) is 22.7 Å². The Balaban J connectivity index is 1.61. The largest absolute Gasteiger partial charge is 0.462 e. The van der Waals surface area contributed by atoms with E-state index in [2.05, 4.69) is 35.9 Å². The van der Waals surface area contributed by atoms with Gasteiger partial charge in [-0.25, -0.2) is 0 Å². The number of halogens is 1. The number of carbonyl (C=O) groups excluding carboxylic acids is 2. The van der Waals surface area contributed by atoms with Crippen molar-refractivity contribution in [3.63, 3.8) is 0 Å². The smallest absolute Gasteiger partial charge is 0.302 e. The van der Waals surface area contributed by atoms with E-state index in [-0.39, 0.29) is 28.8 Å². The van der Waals surface area contributed by atoms with Crippen molar-refractivity contribution in [3.8, 4) is 0 Å². The summed E-state index contributed by atoms with van der Waals surface area (Å²) in [5.41, 5.74) is 1.93. The van der Waals surface area contributed by atoms with Gasteiger partial charge >= 0.3 is 5.97 Å². The second-order valence-electron chi connectivity index (χ2n) is 10.1. The van der Waals surface area contributed by atoms with E-state index >= 15 is 0 Å². The van der Waals surface area contributed by atoms with Gasteiger partial charge in [0.15, 0.2) is 0 Å². The third kappa shape index (κ3) is 2.96. The molecule has 150 valence electrons. The Bertz CT molecular complexity index is 685. The molecule has 4 aliphatic carbocycles. The van der Waals surface area contributed by atoms with Crippen LogP contribution >= 0.6 is 15.9 Å². The number of fused-ring (bicyclic) bond motifs is 5. The van der Waals surface area contributed by atoms with Gasteiger partial charge in [-0.15, -0.1) is 0 Å². The van der Waals surface area contributed by atoms with Crippen LogP contribution in [0.5, 0.6) is 0 Å². The summed E-state index contributed by atoms with van der Waals surface area (Å²) in [5.74, 6) is 2.40. The van der Waals surface area contributed by atoms with Crippen molar-refractivity contribution < 1.29 is 14.3 Å². The zero-order valence-electron chi connectivity index (χ0n) is 17.1. The maximum atomic E-state index is 12.4. The molecule has 0 radical (unpaired) electrons. The fourth-order valence-electron chi connectivity index (χ4n) is 7.65. The summed E-state index contributed by atoms with van der Waals surface area (Å²) in [6, 6.07) is 0. The van der Waals surface area contributed by atoms with Gasteiger partial charge < -0.3 is 4.74 Å². The average molecular weight is 437 g/mol. The lowest BCUT2D eigenvalue weighted by Crippen LogP contribution is -2.51. The molecular weight excluding hydrogens is 404 g/mol. The monoisotopic (exact) mass is 436 g/mol. The highest BCUT2D eigenvalue weighted by Crippen LogP contribution is 2.67. The van der Waals surface area contributed by atoms with Crippen molar-refractivity contribution in [2.75, 3.05) is 0 Å². The van der Waals surface area contributed by atoms with E-state index in [1.54, 1.807) is 6.92 Å². The Morgan fingerprint density at radius 1 is 1.15 bits per heavy atom. The molecule has 0 N–H and O–H groups in total. The molecule has 4 aliphatic rings. The molecule has 0 bridgehead atoms. The fraction of sp³-hybridized carbons (Fsp3) is 0.826. The SMILES string of the molecule is CC(=O)OC1CC[C@@]2(C)C(=CC[C@H]3[C@@H]4CC(Br)[C@H](C(C)=O)[C@@]4(C)CC[C@@H]32)C1. The van der Waals surface area contributed by atoms with Gasteiger partial charge in [0.25, 0.3) is 0 Å². The number of ether oxygens (including phenoxy) is 1. The first-order valence-corrected chi connectivity index (χ1v) is 11.6. The first kappa shape index (κ1) is 19.7. The predicted octanol–water partition coefficient (Wildman–Crippen LogP) is 5.46. The van der Waals surface area contributed by atoms with E-state index < -0.39 is 0 Å². The number of rotatable bonds is 2. The molecule has 3 nitrogen and oxygen atoms in total. The van der Waals surface area contributed by atoms with Crippen LogP contribution in [0.15, 0.2) is 11.6 Å². The number of allylic oxidation sites excluding steroid dienone is 1. The van der Waals surface area contributed by atoms with E-state index in [9.17, 15) is 9.59 Å². The minimum absolute atomic E-state index is 0.0627. The summed E-state index contributed by atoms with van der Waals surface area (Å²) in [7, 11) is 0. The Morgan fingerprint density at radius 3 is 2.56 bits per heavy atom. The average Bonchev–Trinajstić information content (AvgIpc) is 2.85. The van der Waals surface area contributed by atoms with Crippen LogP contribution in [0, 0.1) is 34.5 Å². The van der Waals surface area contributed by atoms with Crippen LogP contribution in [0.1, 0.15) is 72.6 Å². The highest BCUT2D eigenvalue weighted by Gasteiger charge is 2.61. The van der Waals surface area contributed by atoms with Crippen LogP contribution in [0.3, 0.4) is 0 Å². The number of esters is 1. The summed E-state index contributed by atoms with van der Waals surface area (Å²) in [5, 5.41) is 0. The van der Waals surface area contributed by atoms with Gasteiger partial charge in [-0.05, 0) is 74.0 Å². The lowest BCUT2D eigenvalue weighted by atomic mass is 9.47. The van der Waals surface area contributed by atoms with E-state index in [4.69, 9.17) is 4.74 Å². The van der Waals surface area contributed by atoms with Gasteiger partial charge in [-0.1, -0.05) is 41.4 Å². The molecule has 3 fully saturated rings. The number of alkyl halides is 1. The van der Waals surface area contributed by atoms with Crippen LogP contribution < -0.4 is 0 Å². The van der Waals surface area contributed by atoms with Crippen LogP contribution in [0.4, 0.5) is 0 Å². The Labute approximate surface area is 171 Å². The molecule has 0 saturated heterocycles. The molecule has 4 heteroatoms. The molecule has 3 saturated carbocycles. The first-order chi connectivity index (χ1) is 12.7. The molecular formula is C23H33BrO3. The Morgan fingerprint density at radius 2 is 1.89 bits per heavy atom. The van der Waals surface area contributed by atoms with Gasteiger partial charge in [0, 0.05) is 24.1 Å². The number of hydrogen-bond donors (Lipinski definition) is 0. The molecule has 27 heavy (non-hydrogen) atoms. The van der Waals surface area contributed by atoms with E-state index in [1.807, 2.05) is 0 Å².